The molecule has 0 unspecified atom stereocenters. The van der Waals surface area contributed by atoms with Gasteiger partial charge in [0.15, 0.2) is 5.58 Å². The van der Waals surface area contributed by atoms with E-state index in [2.05, 4.69) is 4.98 Å². The number of nitrogens with zero attached hydrogens (tertiary/aromatic N) is 1. The zero-order valence-corrected chi connectivity index (χ0v) is 9.22. The van der Waals surface area contributed by atoms with Crippen LogP contribution < -0.4 is 5.73 Å². The van der Waals surface area contributed by atoms with Crippen molar-refractivity contribution in [1.82, 2.24) is 4.98 Å². The molecule has 6 heteroatoms. The fourth-order valence-electron chi connectivity index (χ4n) is 1.57. The monoisotopic (exact) mass is 252 g/mol. The molecule has 0 fully saturated rings. The summed E-state index contributed by atoms with van der Waals surface area (Å²) in [6.45, 7) is 0. The van der Waals surface area contributed by atoms with Gasteiger partial charge in [-0.25, -0.2) is 13.8 Å². The van der Waals surface area contributed by atoms with E-state index < -0.39 is 11.6 Å². The maximum atomic E-state index is 13.5. The van der Waals surface area contributed by atoms with E-state index in [9.17, 15) is 8.78 Å². The Labute approximate surface area is 98.5 Å². The van der Waals surface area contributed by atoms with Gasteiger partial charge in [-0.1, -0.05) is 6.07 Å². The van der Waals surface area contributed by atoms with Crippen molar-refractivity contribution in [2.75, 3.05) is 5.73 Å². The van der Waals surface area contributed by atoms with Crippen LogP contribution in [0.15, 0.2) is 28.0 Å². The molecular weight excluding hydrogens is 246 g/mol. The highest BCUT2D eigenvalue weighted by Crippen LogP contribution is 2.33. The third kappa shape index (κ3) is 1.49. The largest absolute Gasteiger partial charge is 0.433 e. The van der Waals surface area contributed by atoms with Crippen LogP contribution in [0.25, 0.3) is 22.6 Å². The lowest BCUT2D eigenvalue weighted by molar-refractivity contribution is 0.561. The molecular formula is C11H6F2N2OS. The van der Waals surface area contributed by atoms with Crippen LogP contribution in [0.4, 0.5) is 13.8 Å². The maximum Gasteiger partial charge on any atom is 0.233 e. The number of rotatable bonds is 1. The Kier molecular flexibility index (Phi) is 2.12. The van der Waals surface area contributed by atoms with E-state index >= 15 is 0 Å². The first-order chi connectivity index (χ1) is 8.16. The highest BCUT2D eigenvalue weighted by atomic mass is 32.1. The SMILES string of the molecule is Nc1scc2nc(-c3c(F)cccc3F)oc12. The first kappa shape index (κ1) is 10.2. The van der Waals surface area contributed by atoms with Crippen LogP contribution in [0.2, 0.25) is 0 Å². The maximum absolute atomic E-state index is 13.5. The zero-order chi connectivity index (χ0) is 12.0. The topological polar surface area (TPSA) is 52.0 Å². The molecule has 0 saturated carbocycles. The molecule has 2 aromatic heterocycles. The van der Waals surface area contributed by atoms with Crippen LogP contribution >= 0.6 is 11.3 Å². The molecule has 3 aromatic rings. The third-order valence-corrected chi connectivity index (χ3v) is 3.13. The average molecular weight is 252 g/mol. The number of hydrogen-bond donors (Lipinski definition) is 1. The number of nitrogens with two attached hydrogens (primary N) is 1. The third-order valence-electron chi connectivity index (χ3n) is 2.35. The second-order valence-electron chi connectivity index (χ2n) is 3.43. The molecule has 1 aromatic carbocycles. The van der Waals surface area contributed by atoms with Crippen LogP contribution in [-0.4, -0.2) is 4.98 Å². The van der Waals surface area contributed by atoms with Crippen molar-refractivity contribution in [3.05, 3.63) is 35.2 Å². The number of anilines is 1. The van der Waals surface area contributed by atoms with Gasteiger partial charge in [-0.15, -0.1) is 11.3 Å². The van der Waals surface area contributed by atoms with E-state index in [1.165, 1.54) is 17.4 Å². The van der Waals surface area contributed by atoms with Gasteiger partial charge in [0.25, 0.3) is 0 Å². The van der Waals surface area contributed by atoms with E-state index in [1.54, 1.807) is 5.38 Å². The Morgan fingerprint density at radius 3 is 2.59 bits per heavy atom. The van der Waals surface area contributed by atoms with Crippen LogP contribution in [0.3, 0.4) is 0 Å². The van der Waals surface area contributed by atoms with E-state index in [1.807, 2.05) is 0 Å². The molecule has 0 aliphatic rings. The Morgan fingerprint density at radius 1 is 1.24 bits per heavy atom. The second kappa shape index (κ2) is 3.53. The molecule has 0 spiro atoms. The van der Waals surface area contributed by atoms with Crippen LogP contribution in [0.5, 0.6) is 0 Å². The predicted octanol–water partition coefficient (Wildman–Crippen LogP) is 3.42. The minimum absolute atomic E-state index is 0.0925. The molecule has 0 amide bonds. The molecule has 0 bridgehead atoms. The molecule has 3 nitrogen and oxygen atoms in total. The predicted molar refractivity (Wildman–Crippen MR) is 61.7 cm³/mol. The van der Waals surface area contributed by atoms with E-state index in [0.29, 0.717) is 16.1 Å². The average Bonchev–Trinajstić information content (AvgIpc) is 2.82. The van der Waals surface area contributed by atoms with Crippen LogP contribution in [0, 0.1) is 11.6 Å². The van der Waals surface area contributed by atoms with Crippen molar-refractivity contribution in [3.8, 4) is 11.5 Å². The van der Waals surface area contributed by atoms with Gasteiger partial charge in [-0.05, 0) is 12.1 Å². The molecule has 0 aliphatic carbocycles. The quantitative estimate of drug-likeness (QED) is 0.722. The summed E-state index contributed by atoms with van der Waals surface area (Å²) in [5.74, 6) is -1.52. The molecule has 0 atom stereocenters. The normalized spacial score (nSPS) is 11.2. The van der Waals surface area contributed by atoms with Crippen molar-refractivity contribution in [2.45, 2.75) is 0 Å². The fraction of sp³-hybridized carbons (Fsp3) is 0. The van der Waals surface area contributed by atoms with Gasteiger partial charge in [0.05, 0.1) is 0 Å². The summed E-state index contributed by atoms with van der Waals surface area (Å²) in [5.41, 5.74) is 6.24. The van der Waals surface area contributed by atoms with Crippen molar-refractivity contribution in [2.24, 2.45) is 0 Å². The van der Waals surface area contributed by atoms with E-state index in [0.717, 1.165) is 12.1 Å². The number of nitrogen functional groups attached to an aromatic ring is 1. The van der Waals surface area contributed by atoms with Crippen molar-refractivity contribution in [1.29, 1.82) is 0 Å². The fourth-order valence-corrected chi connectivity index (χ4v) is 2.22. The van der Waals surface area contributed by atoms with Crippen molar-refractivity contribution >= 4 is 27.4 Å². The van der Waals surface area contributed by atoms with E-state index in [4.69, 9.17) is 10.2 Å². The molecule has 2 N–H and O–H groups in total. The van der Waals surface area contributed by atoms with Gasteiger partial charge in [0, 0.05) is 5.38 Å². The Bertz CT molecular complexity index is 684. The highest BCUT2D eigenvalue weighted by Gasteiger charge is 2.18. The van der Waals surface area contributed by atoms with Gasteiger partial charge >= 0.3 is 0 Å². The minimum Gasteiger partial charge on any atom is -0.433 e. The minimum atomic E-state index is -0.712. The lowest BCUT2D eigenvalue weighted by atomic mass is 10.2. The number of thiophene rings is 1. The Morgan fingerprint density at radius 2 is 1.94 bits per heavy atom. The number of hydrogen-bond acceptors (Lipinski definition) is 4. The first-order valence-corrected chi connectivity index (χ1v) is 5.62. The molecule has 0 saturated heterocycles. The summed E-state index contributed by atoms with van der Waals surface area (Å²) in [5, 5.41) is 2.12. The van der Waals surface area contributed by atoms with Gasteiger partial charge in [0.1, 0.15) is 27.7 Å². The number of oxazole rings is 1. The molecule has 86 valence electrons. The number of benzene rings is 1. The Hall–Kier alpha value is -1.95. The summed E-state index contributed by atoms with van der Waals surface area (Å²) >= 11 is 1.27. The number of halogens is 2. The van der Waals surface area contributed by atoms with Crippen molar-refractivity contribution < 1.29 is 13.2 Å². The standard InChI is InChI=1S/C11H6F2N2OS/c12-5-2-1-3-6(13)8(5)11-15-7-4-17-10(14)9(7)16-11/h1-4H,14H2. The summed E-state index contributed by atoms with van der Waals surface area (Å²) in [7, 11) is 0. The van der Waals surface area contributed by atoms with Gasteiger partial charge in [0.2, 0.25) is 5.89 Å². The van der Waals surface area contributed by atoms with Gasteiger partial charge in [-0.3, -0.25) is 0 Å². The summed E-state index contributed by atoms with van der Waals surface area (Å²) in [4.78, 5) is 4.01. The first-order valence-electron chi connectivity index (χ1n) is 4.74. The molecule has 17 heavy (non-hydrogen) atoms. The van der Waals surface area contributed by atoms with Crippen molar-refractivity contribution in [3.63, 3.8) is 0 Å². The van der Waals surface area contributed by atoms with Crippen LogP contribution in [0.1, 0.15) is 0 Å². The number of fused-ring (bicyclic) bond motifs is 1. The summed E-state index contributed by atoms with van der Waals surface area (Å²) in [6.07, 6.45) is 0. The molecule has 2 heterocycles. The number of aromatic nitrogens is 1. The molecule has 0 radical (unpaired) electrons. The summed E-state index contributed by atoms with van der Waals surface area (Å²) < 4.78 is 32.3. The second-order valence-corrected chi connectivity index (χ2v) is 4.34. The molecule has 3 rings (SSSR count). The lowest BCUT2D eigenvalue weighted by Gasteiger charge is -1.98. The smallest absolute Gasteiger partial charge is 0.233 e. The van der Waals surface area contributed by atoms with Gasteiger partial charge < -0.3 is 10.2 Å². The van der Waals surface area contributed by atoms with E-state index in [-0.39, 0.29) is 11.5 Å². The summed E-state index contributed by atoms with van der Waals surface area (Å²) in [6, 6.07) is 3.59. The van der Waals surface area contributed by atoms with Gasteiger partial charge in [-0.2, -0.15) is 0 Å². The molecule has 0 aliphatic heterocycles. The highest BCUT2D eigenvalue weighted by molar-refractivity contribution is 7.15. The van der Waals surface area contributed by atoms with Crippen LogP contribution in [-0.2, 0) is 0 Å². The lowest BCUT2D eigenvalue weighted by Crippen LogP contribution is -1.89. The Balaban J connectivity index is 2.27. The zero-order valence-electron chi connectivity index (χ0n) is 8.41.